The van der Waals surface area contributed by atoms with Gasteiger partial charge >= 0.3 is 0 Å². The second-order valence-electron chi connectivity index (χ2n) is 6.07. The van der Waals surface area contributed by atoms with Crippen molar-refractivity contribution in [3.8, 4) is 5.75 Å². The van der Waals surface area contributed by atoms with Crippen molar-refractivity contribution in [2.24, 2.45) is 0 Å². The van der Waals surface area contributed by atoms with Crippen LogP contribution in [-0.2, 0) is 15.6 Å². The molecule has 0 bridgehead atoms. The third-order valence-corrected chi connectivity index (χ3v) is 4.14. The van der Waals surface area contributed by atoms with Crippen molar-refractivity contribution < 1.29 is 9.47 Å². The Bertz CT molecular complexity index is 425. The zero-order valence-electron chi connectivity index (χ0n) is 11.5. The molecular weight excluding hydrogens is 248 g/mol. The summed E-state index contributed by atoms with van der Waals surface area (Å²) >= 11 is 6.12. The predicted octanol–water partition coefficient (Wildman–Crippen LogP) is 3.50. The van der Waals surface area contributed by atoms with Gasteiger partial charge in [0.25, 0.3) is 0 Å². The van der Waals surface area contributed by atoms with E-state index in [1.165, 1.54) is 11.1 Å². The Morgan fingerprint density at radius 3 is 2.39 bits per heavy atom. The lowest BCUT2D eigenvalue weighted by Crippen LogP contribution is -2.48. The average Bonchev–Trinajstić information content (AvgIpc) is 2.27. The van der Waals surface area contributed by atoms with Gasteiger partial charge in [-0.15, -0.1) is 11.6 Å². The Labute approximate surface area is 114 Å². The van der Waals surface area contributed by atoms with Crippen molar-refractivity contribution >= 4 is 11.6 Å². The van der Waals surface area contributed by atoms with Gasteiger partial charge in [-0.25, -0.2) is 0 Å². The van der Waals surface area contributed by atoms with E-state index in [-0.39, 0.29) is 10.8 Å². The van der Waals surface area contributed by atoms with Gasteiger partial charge < -0.3 is 9.47 Å². The van der Waals surface area contributed by atoms with Gasteiger partial charge in [0.15, 0.2) is 0 Å². The van der Waals surface area contributed by atoms with E-state index in [1.54, 1.807) is 7.11 Å². The molecule has 1 heterocycles. The van der Waals surface area contributed by atoms with Crippen LogP contribution in [0.1, 0.15) is 31.9 Å². The van der Waals surface area contributed by atoms with Crippen LogP contribution in [0.15, 0.2) is 18.2 Å². The number of benzene rings is 1. The monoisotopic (exact) mass is 268 g/mol. The number of hydrogen-bond donors (Lipinski definition) is 0. The molecule has 0 spiro atoms. The first kappa shape index (κ1) is 13.7. The first-order valence-corrected chi connectivity index (χ1v) is 6.79. The van der Waals surface area contributed by atoms with Gasteiger partial charge in [-0.05, 0) is 22.6 Å². The van der Waals surface area contributed by atoms with E-state index in [0.29, 0.717) is 19.1 Å². The molecule has 2 nitrogen and oxygen atoms in total. The van der Waals surface area contributed by atoms with E-state index in [0.717, 1.165) is 5.75 Å². The van der Waals surface area contributed by atoms with Crippen LogP contribution in [-0.4, -0.2) is 26.2 Å². The minimum atomic E-state index is -0.00612. The average molecular weight is 269 g/mol. The normalized spacial score (nSPS) is 18.3. The van der Waals surface area contributed by atoms with E-state index in [9.17, 15) is 0 Å². The summed E-state index contributed by atoms with van der Waals surface area (Å²) in [4.78, 5) is 0. The lowest BCUT2D eigenvalue weighted by atomic mass is 9.77. The molecule has 1 aromatic carbocycles. The van der Waals surface area contributed by atoms with Crippen LogP contribution < -0.4 is 4.74 Å². The maximum Gasteiger partial charge on any atom is 0.122 e. The van der Waals surface area contributed by atoms with Crippen LogP contribution in [0, 0.1) is 0 Å². The molecule has 0 atom stereocenters. The summed E-state index contributed by atoms with van der Waals surface area (Å²) in [5, 5.41) is 0. The fourth-order valence-electron chi connectivity index (χ4n) is 2.29. The van der Waals surface area contributed by atoms with Crippen LogP contribution in [0.4, 0.5) is 0 Å². The third-order valence-electron chi connectivity index (χ3n) is 3.63. The molecule has 1 saturated heterocycles. The molecule has 0 saturated carbocycles. The van der Waals surface area contributed by atoms with Gasteiger partial charge in [0, 0.05) is 5.88 Å². The highest BCUT2D eigenvalue weighted by Crippen LogP contribution is 2.39. The number of rotatable bonds is 3. The van der Waals surface area contributed by atoms with Crippen LogP contribution in [0.2, 0.25) is 0 Å². The van der Waals surface area contributed by atoms with Crippen molar-refractivity contribution in [1.82, 2.24) is 0 Å². The Morgan fingerprint density at radius 2 is 2.00 bits per heavy atom. The Kier molecular flexibility index (Phi) is 3.61. The number of alkyl halides is 1. The van der Waals surface area contributed by atoms with E-state index in [2.05, 4.69) is 32.9 Å². The third kappa shape index (κ3) is 2.24. The van der Waals surface area contributed by atoms with Crippen LogP contribution >= 0.6 is 11.6 Å². The number of methoxy groups -OCH3 is 1. The summed E-state index contributed by atoms with van der Waals surface area (Å²) in [7, 11) is 1.72. The number of ether oxygens (including phenoxy) is 2. The summed E-state index contributed by atoms with van der Waals surface area (Å²) in [6.07, 6.45) is 0. The lowest BCUT2D eigenvalue weighted by Gasteiger charge is -2.41. The summed E-state index contributed by atoms with van der Waals surface area (Å²) in [5.41, 5.74) is 2.53. The van der Waals surface area contributed by atoms with E-state index < -0.39 is 0 Å². The smallest absolute Gasteiger partial charge is 0.122 e. The summed E-state index contributed by atoms with van der Waals surface area (Å²) in [6.45, 7) is 8.01. The van der Waals surface area contributed by atoms with E-state index in [4.69, 9.17) is 21.1 Å². The first-order chi connectivity index (χ1) is 8.43. The topological polar surface area (TPSA) is 18.5 Å². The quantitative estimate of drug-likeness (QED) is 0.781. The lowest BCUT2D eigenvalue weighted by molar-refractivity contribution is -0.0480. The van der Waals surface area contributed by atoms with Crippen molar-refractivity contribution in [3.05, 3.63) is 29.3 Å². The number of halogens is 1. The molecule has 0 N–H and O–H groups in total. The van der Waals surface area contributed by atoms with Crippen LogP contribution in [0.3, 0.4) is 0 Å². The fraction of sp³-hybridized carbons (Fsp3) is 0.600. The molecule has 0 radical (unpaired) electrons. The second kappa shape index (κ2) is 4.75. The molecule has 0 unspecified atom stereocenters. The SMILES string of the molecule is COc1ccc(C2(CCl)COC2)cc1C(C)(C)C. The molecule has 18 heavy (non-hydrogen) atoms. The molecule has 1 fully saturated rings. The van der Waals surface area contributed by atoms with Crippen molar-refractivity contribution in [2.75, 3.05) is 26.2 Å². The van der Waals surface area contributed by atoms with Gasteiger partial charge in [0.05, 0.1) is 25.7 Å². The molecule has 1 aliphatic heterocycles. The Balaban J connectivity index is 2.46. The van der Waals surface area contributed by atoms with Crippen molar-refractivity contribution in [1.29, 1.82) is 0 Å². The minimum absolute atomic E-state index is 0.00612. The highest BCUT2D eigenvalue weighted by atomic mass is 35.5. The molecule has 1 aliphatic rings. The molecule has 0 aromatic heterocycles. The standard InChI is InChI=1S/C15H21ClO2/c1-14(2,3)12-7-11(5-6-13(12)17-4)15(8-16)9-18-10-15/h5-7H,8-10H2,1-4H3. The van der Waals surface area contributed by atoms with Gasteiger partial charge in [-0.2, -0.15) is 0 Å². The molecule has 1 aromatic rings. The predicted molar refractivity (Wildman–Crippen MR) is 74.9 cm³/mol. The molecule has 3 heteroatoms. The largest absolute Gasteiger partial charge is 0.496 e. The van der Waals surface area contributed by atoms with Gasteiger partial charge in [-0.3, -0.25) is 0 Å². The van der Waals surface area contributed by atoms with Crippen molar-refractivity contribution in [2.45, 2.75) is 31.6 Å². The van der Waals surface area contributed by atoms with Gasteiger partial charge in [0.2, 0.25) is 0 Å². The second-order valence-corrected chi connectivity index (χ2v) is 6.34. The summed E-state index contributed by atoms with van der Waals surface area (Å²) in [5.74, 6) is 1.54. The van der Waals surface area contributed by atoms with Crippen molar-refractivity contribution in [3.63, 3.8) is 0 Å². The highest BCUT2D eigenvalue weighted by molar-refractivity contribution is 6.18. The Morgan fingerprint density at radius 1 is 1.33 bits per heavy atom. The zero-order chi connectivity index (χ0) is 13.4. The van der Waals surface area contributed by atoms with E-state index >= 15 is 0 Å². The van der Waals surface area contributed by atoms with E-state index in [1.807, 2.05) is 6.07 Å². The molecule has 100 valence electrons. The maximum absolute atomic E-state index is 6.12. The highest BCUT2D eigenvalue weighted by Gasteiger charge is 2.40. The van der Waals surface area contributed by atoms with Gasteiger partial charge in [0.1, 0.15) is 5.75 Å². The van der Waals surface area contributed by atoms with Gasteiger partial charge in [-0.1, -0.05) is 32.9 Å². The summed E-state index contributed by atoms with van der Waals surface area (Å²) in [6, 6.07) is 6.38. The molecule has 0 amide bonds. The maximum atomic E-state index is 6.12. The first-order valence-electron chi connectivity index (χ1n) is 6.26. The van der Waals surface area contributed by atoms with Crippen LogP contribution in [0.25, 0.3) is 0 Å². The fourth-order valence-corrected chi connectivity index (χ4v) is 2.60. The Hall–Kier alpha value is -0.730. The summed E-state index contributed by atoms with van der Waals surface area (Å²) < 4.78 is 10.8. The zero-order valence-corrected chi connectivity index (χ0v) is 12.3. The number of hydrogen-bond acceptors (Lipinski definition) is 2. The molecular formula is C15H21ClO2. The minimum Gasteiger partial charge on any atom is -0.496 e. The van der Waals surface area contributed by atoms with Crippen LogP contribution in [0.5, 0.6) is 5.75 Å². The molecule has 2 rings (SSSR count). The molecule has 0 aliphatic carbocycles.